The van der Waals surface area contributed by atoms with E-state index in [2.05, 4.69) is 24.4 Å². The molecule has 1 aliphatic heterocycles. The molecule has 22 heavy (non-hydrogen) atoms. The van der Waals surface area contributed by atoms with E-state index in [4.69, 9.17) is 0 Å². The minimum absolute atomic E-state index is 0.0509. The molecule has 3 rings (SSSR count). The number of nitrogens with one attached hydrogen (secondary N) is 1. The van der Waals surface area contributed by atoms with Crippen LogP contribution in [0.1, 0.15) is 31.7 Å². The van der Waals surface area contributed by atoms with E-state index in [0.717, 1.165) is 6.42 Å². The Balaban J connectivity index is 1.48. The SMILES string of the molecule is CC(NC(=O)C1CC(=O)N(CCc2ccccc2)C1)C1CC1. The van der Waals surface area contributed by atoms with Crippen LogP contribution in [0.15, 0.2) is 30.3 Å². The quantitative estimate of drug-likeness (QED) is 0.873. The van der Waals surface area contributed by atoms with E-state index in [-0.39, 0.29) is 23.8 Å². The van der Waals surface area contributed by atoms with Crippen LogP contribution in [-0.4, -0.2) is 35.8 Å². The molecule has 0 bridgehead atoms. The minimum atomic E-state index is -0.176. The highest BCUT2D eigenvalue weighted by atomic mass is 16.2. The highest BCUT2D eigenvalue weighted by Crippen LogP contribution is 2.32. The maximum Gasteiger partial charge on any atom is 0.225 e. The first-order valence-corrected chi connectivity index (χ1v) is 8.25. The number of benzene rings is 1. The third kappa shape index (κ3) is 3.67. The molecule has 2 amide bonds. The van der Waals surface area contributed by atoms with Gasteiger partial charge in [-0.3, -0.25) is 9.59 Å². The normalized spacial score (nSPS) is 22.7. The zero-order chi connectivity index (χ0) is 15.5. The minimum Gasteiger partial charge on any atom is -0.353 e. The summed E-state index contributed by atoms with van der Waals surface area (Å²) < 4.78 is 0. The van der Waals surface area contributed by atoms with E-state index in [9.17, 15) is 9.59 Å². The molecular formula is C18H24N2O2. The predicted octanol–water partition coefficient (Wildman–Crippen LogP) is 1.99. The van der Waals surface area contributed by atoms with Crippen molar-refractivity contribution in [3.8, 4) is 0 Å². The van der Waals surface area contributed by atoms with Crippen molar-refractivity contribution in [1.82, 2.24) is 10.2 Å². The highest BCUT2D eigenvalue weighted by molar-refractivity contribution is 5.89. The van der Waals surface area contributed by atoms with Crippen LogP contribution in [0.2, 0.25) is 0 Å². The molecule has 118 valence electrons. The number of carbonyl (C=O) groups excluding carboxylic acids is 2. The van der Waals surface area contributed by atoms with Gasteiger partial charge in [0.1, 0.15) is 0 Å². The van der Waals surface area contributed by atoms with Crippen molar-refractivity contribution in [1.29, 1.82) is 0 Å². The van der Waals surface area contributed by atoms with Gasteiger partial charge in [-0.1, -0.05) is 30.3 Å². The Morgan fingerprint density at radius 1 is 1.32 bits per heavy atom. The fraction of sp³-hybridized carbons (Fsp3) is 0.556. The number of hydrogen-bond donors (Lipinski definition) is 1. The van der Waals surface area contributed by atoms with Crippen LogP contribution in [0.3, 0.4) is 0 Å². The summed E-state index contributed by atoms with van der Waals surface area (Å²) in [5.74, 6) is 0.629. The Labute approximate surface area is 131 Å². The third-order valence-electron chi connectivity index (χ3n) is 4.80. The van der Waals surface area contributed by atoms with Crippen molar-refractivity contribution < 1.29 is 9.59 Å². The Morgan fingerprint density at radius 2 is 2.05 bits per heavy atom. The summed E-state index contributed by atoms with van der Waals surface area (Å²) in [5.41, 5.74) is 1.23. The van der Waals surface area contributed by atoms with Gasteiger partial charge in [0.25, 0.3) is 0 Å². The van der Waals surface area contributed by atoms with Crippen LogP contribution < -0.4 is 5.32 Å². The molecule has 2 fully saturated rings. The van der Waals surface area contributed by atoms with Gasteiger partial charge >= 0.3 is 0 Å². The molecule has 1 aliphatic carbocycles. The summed E-state index contributed by atoms with van der Waals surface area (Å²) in [6.45, 7) is 3.33. The zero-order valence-electron chi connectivity index (χ0n) is 13.1. The first-order chi connectivity index (χ1) is 10.6. The molecule has 1 saturated carbocycles. The van der Waals surface area contributed by atoms with Crippen LogP contribution in [0.4, 0.5) is 0 Å². The van der Waals surface area contributed by atoms with E-state index in [1.165, 1.54) is 18.4 Å². The largest absolute Gasteiger partial charge is 0.353 e. The second kappa shape index (κ2) is 6.51. The first kappa shape index (κ1) is 15.1. The number of carbonyl (C=O) groups is 2. The lowest BCUT2D eigenvalue weighted by atomic mass is 10.1. The van der Waals surface area contributed by atoms with Crippen LogP contribution in [0, 0.1) is 11.8 Å². The number of hydrogen-bond acceptors (Lipinski definition) is 2. The standard InChI is InChI=1S/C18H24N2O2/c1-13(15-7-8-15)19-18(22)16-11-17(21)20(12-16)10-9-14-5-3-2-4-6-14/h2-6,13,15-16H,7-12H2,1H3,(H,19,22). The van der Waals surface area contributed by atoms with Gasteiger partial charge in [0.15, 0.2) is 0 Å². The van der Waals surface area contributed by atoms with Crippen molar-refractivity contribution in [3.05, 3.63) is 35.9 Å². The summed E-state index contributed by atoms with van der Waals surface area (Å²) in [6.07, 6.45) is 3.64. The Hall–Kier alpha value is -1.84. The summed E-state index contributed by atoms with van der Waals surface area (Å²) in [5, 5.41) is 3.08. The van der Waals surface area contributed by atoms with Gasteiger partial charge in [0, 0.05) is 25.6 Å². The molecule has 0 radical (unpaired) electrons. The fourth-order valence-corrected chi connectivity index (χ4v) is 3.13. The van der Waals surface area contributed by atoms with Gasteiger partial charge in [-0.25, -0.2) is 0 Å². The molecule has 4 nitrogen and oxygen atoms in total. The van der Waals surface area contributed by atoms with Crippen molar-refractivity contribution in [2.45, 2.75) is 38.6 Å². The molecule has 1 aromatic carbocycles. The number of amides is 2. The fourth-order valence-electron chi connectivity index (χ4n) is 3.13. The van der Waals surface area contributed by atoms with E-state index in [1.54, 1.807) is 0 Å². The predicted molar refractivity (Wildman–Crippen MR) is 85.2 cm³/mol. The summed E-state index contributed by atoms with van der Waals surface area (Å²) >= 11 is 0. The lowest BCUT2D eigenvalue weighted by molar-refractivity contribution is -0.129. The van der Waals surface area contributed by atoms with Gasteiger partial charge in [-0.15, -0.1) is 0 Å². The zero-order valence-corrected chi connectivity index (χ0v) is 13.1. The van der Waals surface area contributed by atoms with Gasteiger partial charge in [0.2, 0.25) is 11.8 Å². The van der Waals surface area contributed by atoms with Gasteiger partial charge < -0.3 is 10.2 Å². The molecule has 1 N–H and O–H groups in total. The molecule has 2 aliphatic rings. The Bertz CT molecular complexity index is 539. The number of nitrogens with zero attached hydrogens (tertiary/aromatic N) is 1. The molecule has 1 saturated heterocycles. The topological polar surface area (TPSA) is 49.4 Å². The number of rotatable bonds is 6. The second-order valence-electron chi connectivity index (χ2n) is 6.61. The highest BCUT2D eigenvalue weighted by Gasteiger charge is 2.36. The van der Waals surface area contributed by atoms with Crippen LogP contribution in [-0.2, 0) is 16.0 Å². The monoisotopic (exact) mass is 300 g/mol. The average molecular weight is 300 g/mol. The molecule has 4 heteroatoms. The van der Waals surface area contributed by atoms with Gasteiger partial charge in [-0.2, -0.15) is 0 Å². The van der Waals surface area contributed by atoms with E-state index < -0.39 is 0 Å². The molecule has 0 aromatic heterocycles. The summed E-state index contributed by atoms with van der Waals surface area (Å²) in [4.78, 5) is 26.2. The summed E-state index contributed by atoms with van der Waals surface area (Å²) in [6, 6.07) is 10.4. The number of likely N-dealkylation sites (tertiary alicyclic amines) is 1. The first-order valence-electron chi connectivity index (χ1n) is 8.25. The van der Waals surface area contributed by atoms with Gasteiger partial charge in [0.05, 0.1) is 5.92 Å². The lowest BCUT2D eigenvalue weighted by Gasteiger charge is -2.18. The van der Waals surface area contributed by atoms with Crippen molar-refractivity contribution in [2.75, 3.05) is 13.1 Å². The molecule has 2 unspecified atom stereocenters. The smallest absolute Gasteiger partial charge is 0.225 e. The van der Waals surface area contributed by atoms with Crippen molar-refractivity contribution >= 4 is 11.8 Å². The van der Waals surface area contributed by atoms with E-state index in [1.807, 2.05) is 23.1 Å². The molecular weight excluding hydrogens is 276 g/mol. The van der Waals surface area contributed by atoms with E-state index >= 15 is 0 Å². The maximum atomic E-state index is 12.3. The molecule has 0 spiro atoms. The summed E-state index contributed by atoms with van der Waals surface area (Å²) in [7, 11) is 0. The van der Waals surface area contributed by atoms with Crippen LogP contribution in [0.25, 0.3) is 0 Å². The van der Waals surface area contributed by atoms with Crippen molar-refractivity contribution in [3.63, 3.8) is 0 Å². The Kier molecular flexibility index (Phi) is 4.46. The van der Waals surface area contributed by atoms with Crippen LogP contribution >= 0.6 is 0 Å². The maximum absolute atomic E-state index is 12.3. The van der Waals surface area contributed by atoms with Gasteiger partial charge in [-0.05, 0) is 37.7 Å². The Morgan fingerprint density at radius 3 is 2.73 bits per heavy atom. The molecule has 2 atom stereocenters. The second-order valence-corrected chi connectivity index (χ2v) is 6.61. The average Bonchev–Trinajstić information content (AvgIpc) is 3.30. The third-order valence-corrected chi connectivity index (χ3v) is 4.80. The van der Waals surface area contributed by atoms with E-state index in [0.29, 0.717) is 25.4 Å². The molecule has 1 heterocycles. The van der Waals surface area contributed by atoms with Crippen molar-refractivity contribution in [2.24, 2.45) is 11.8 Å². The lowest BCUT2D eigenvalue weighted by Crippen LogP contribution is -2.39. The molecule has 1 aromatic rings. The van der Waals surface area contributed by atoms with Crippen LogP contribution in [0.5, 0.6) is 0 Å².